The van der Waals surface area contributed by atoms with Crippen molar-refractivity contribution in [3.05, 3.63) is 18.1 Å². The van der Waals surface area contributed by atoms with Crippen LogP contribution in [-0.4, -0.2) is 28.6 Å². The minimum absolute atomic E-state index is 0.429. The van der Waals surface area contributed by atoms with Gasteiger partial charge in [0.1, 0.15) is 11.6 Å². The Morgan fingerprint density at radius 2 is 2.31 bits per heavy atom. The van der Waals surface area contributed by atoms with Gasteiger partial charge in [0.05, 0.1) is 0 Å². The smallest absolute Gasteiger partial charge is 0.132 e. The number of nitrogens with two attached hydrogens (primary N) is 1. The lowest BCUT2D eigenvalue weighted by Crippen LogP contribution is -2.49. The van der Waals surface area contributed by atoms with E-state index in [0.29, 0.717) is 18.6 Å². The molecule has 1 saturated heterocycles. The van der Waals surface area contributed by atoms with Crippen LogP contribution in [-0.2, 0) is 0 Å². The number of hydrogen-bond donors (Lipinski definition) is 1. The molecule has 2 unspecified atom stereocenters. The van der Waals surface area contributed by atoms with Crippen molar-refractivity contribution in [3.63, 3.8) is 0 Å². The van der Waals surface area contributed by atoms with Gasteiger partial charge in [-0.3, -0.25) is 0 Å². The molecule has 0 saturated carbocycles. The van der Waals surface area contributed by atoms with E-state index in [9.17, 15) is 0 Å². The van der Waals surface area contributed by atoms with Crippen molar-refractivity contribution in [3.8, 4) is 0 Å². The van der Waals surface area contributed by atoms with Gasteiger partial charge in [0, 0.05) is 24.8 Å². The first-order chi connectivity index (χ1) is 7.72. The molecular formula is C12H20N4. The molecule has 0 aromatic carbocycles. The molecule has 0 bridgehead atoms. The van der Waals surface area contributed by atoms with Gasteiger partial charge in [-0.25, -0.2) is 9.97 Å². The summed E-state index contributed by atoms with van der Waals surface area (Å²) in [6, 6.07) is 2.94. The molecule has 1 aromatic heterocycles. The van der Waals surface area contributed by atoms with Crippen LogP contribution in [0.15, 0.2) is 12.3 Å². The quantitative estimate of drug-likeness (QED) is 0.820. The van der Waals surface area contributed by atoms with Crippen molar-refractivity contribution >= 4 is 5.82 Å². The molecule has 1 aliphatic heterocycles. The summed E-state index contributed by atoms with van der Waals surface area (Å²) in [5.41, 5.74) is 5.85. The van der Waals surface area contributed by atoms with E-state index in [-0.39, 0.29) is 0 Å². The van der Waals surface area contributed by atoms with Crippen LogP contribution < -0.4 is 10.6 Å². The van der Waals surface area contributed by atoms with Gasteiger partial charge >= 0.3 is 0 Å². The van der Waals surface area contributed by atoms with Crippen molar-refractivity contribution in [2.24, 2.45) is 5.73 Å². The minimum Gasteiger partial charge on any atom is -0.350 e. The molecule has 2 atom stereocenters. The zero-order valence-corrected chi connectivity index (χ0v) is 10.1. The maximum Gasteiger partial charge on any atom is 0.132 e. The number of aromatic nitrogens is 2. The number of anilines is 1. The molecule has 4 heteroatoms. The molecule has 1 aromatic rings. The van der Waals surface area contributed by atoms with Gasteiger partial charge in [0.2, 0.25) is 0 Å². The highest BCUT2D eigenvalue weighted by molar-refractivity contribution is 5.41. The molecule has 1 fully saturated rings. The fourth-order valence-corrected chi connectivity index (χ4v) is 2.52. The van der Waals surface area contributed by atoms with Gasteiger partial charge in [-0.15, -0.1) is 0 Å². The van der Waals surface area contributed by atoms with Crippen LogP contribution in [0.1, 0.15) is 32.0 Å². The summed E-state index contributed by atoms with van der Waals surface area (Å²) < 4.78 is 0. The zero-order chi connectivity index (χ0) is 11.5. The zero-order valence-electron chi connectivity index (χ0n) is 10.1. The van der Waals surface area contributed by atoms with Crippen molar-refractivity contribution in [1.82, 2.24) is 9.97 Å². The summed E-state index contributed by atoms with van der Waals surface area (Å²) in [7, 11) is 0. The Balaban J connectivity index is 2.28. The lowest BCUT2D eigenvalue weighted by Gasteiger charge is -2.41. The second kappa shape index (κ2) is 4.78. The van der Waals surface area contributed by atoms with E-state index in [1.807, 2.05) is 19.2 Å². The van der Waals surface area contributed by atoms with Crippen LogP contribution in [0.3, 0.4) is 0 Å². The van der Waals surface area contributed by atoms with Crippen LogP contribution >= 0.6 is 0 Å². The third kappa shape index (κ3) is 2.16. The van der Waals surface area contributed by atoms with Gasteiger partial charge < -0.3 is 10.6 Å². The molecule has 16 heavy (non-hydrogen) atoms. The maximum absolute atomic E-state index is 5.85. The highest BCUT2D eigenvalue weighted by Crippen LogP contribution is 2.27. The lowest BCUT2D eigenvalue weighted by atomic mass is 9.96. The molecular weight excluding hydrogens is 200 g/mol. The van der Waals surface area contributed by atoms with Crippen LogP contribution in [0.4, 0.5) is 5.82 Å². The van der Waals surface area contributed by atoms with Crippen molar-refractivity contribution in [2.75, 3.05) is 11.4 Å². The number of rotatable bonds is 2. The van der Waals surface area contributed by atoms with E-state index in [1.54, 1.807) is 0 Å². The van der Waals surface area contributed by atoms with E-state index in [2.05, 4.69) is 21.8 Å². The normalized spacial score (nSPS) is 25.8. The predicted molar refractivity (Wildman–Crippen MR) is 65.4 cm³/mol. The Hall–Kier alpha value is -1.16. The van der Waals surface area contributed by atoms with Gasteiger partial charge in [-0.2, -0.15) is 0 Å². The first-order valence-corrected chi connectivity index (χ1v) is 6.00. The molecule has 4 nitrogen and oxygen atoms in total. The standard InChI is InChI=1S/C12H20N4/c1-9-4-3-5-11(8-13)16(9)12-6-7-14-10(2)15-12/h6-7,9,11H,3-5,8,13H2,1-2H3. The Bertz CT molecular complexity index is 353. The second-order valence-corrected chi connectivity index (χ2v) is 4.54. The molecule has 2 N–H and O–H groups in total. The van der Waals surface area contributed by atoms with E-state index >= 15 is 0 Å². The molecule has 2 rings (SSSR count). The topological polar surface area (TPSA) is 55.0 Å². The summed E-state index contributed by atoms with van der Waals surface area (Å²) in [5.74, 6) is 1.85. The van der Waals surface area contributed by atoms with Crippen molar-refractivity contribution in [1.29, 1.82) is 0 Å². The van der Waals surface area contributed by atoms with Gasteiger partial charge in [0.15, 0.2) is 0 Å². The Kier molecular flexibility index (Phi) is 3.39. The summed E-state index contributed by atoms with van der Waals surface area (Å²) in [6.45, 7) is 4.88. The Morgan fingerprint density at radius 1 is 1.50 bits per heavy atom. The lowest BCUT2D eigenvalue weighted by molar-refractivity contribution is 0.397. The van der Waals surface area contributed by atoms with E-state index in [0.717, 1.165) is 11.6 Å². The number of hydrogen-bond acceptors (Lipinski definition) is 4. The third-order valence-corrected chi connectivity index (χ3v) is 3.33. The van der Waals surface area contributed by atoms with E-state index in [4.69, 9.17) is 5.73 Å². The average molecular weight is 220 g/mol. The van der Waals surface area contributed by atoms with Crippen molar-refractivity contribution < 1.29 is 0 Å². The molecule has 88 valence electrons. The number of nitrogens with zero attached hydrogens (tertiary/aromatic N) is 3. The molecule has 0 aliphatic carbocycles. The number of piperidine rings is 1. The minimum atomic E-state index is 0.429. The van der Waals surface area contributed by atoms with Crippen LogP contribution in [0, 0.1) is 6.92 Å². The summed E-state index contributed by atoms with van der Waals surface area (Å²) in [6.07, 6.45) is 5.49. The first kappa shape index (κ1) is 11.3. The molecule has 2 heterocycles. The first-order valence-electron chi connectivity index (χ1n) is 6.00. The van der Waals surface area contributed by atoms with Crippen LogP contribution in [0.25, 0.3) is 0 Å². The highest BCUT2D eigenvalue weighted by Gasteiger charge is 2.27. The molecule has 0 radical (unpaired) electrons. The molecule has 0 amide bonds. The number of aryl methyl sites for hydroxylation is 1. The monoisotopic (exact) mass is 220 g/mol. The van der Waals surface area contributed by atoms with E-state index in [1.165, 1.54) is 19.3 Å². The van der Waals surface area contributed by atoms with Crippen molar-refractivity contribution in [2.45, 2.75) is 45.2 Å². The average Bonchev–Trinajstić information content (AvgIpc) is 2.28. The van der Waals surface area contributed by atoms with Gasteiger partial charge in [-0.05, 0) is 39.2 Å². The predicted octanol–water partition coefficient (Wildman–Crippen LogP) is 1.49. The summed E-state index contributed by atoms with van der Waals surface area (Å²) in [4.78, 5) is 11.0. The fraction of sp³-hybridized carbons (Fsp3) is 0.667. The summed E-state index contributed by atoms with van der Waals surface area (Å²) in [5, 5.41) is 0. The Morgan fingerprint density at radius 3 is 3.00 bits per heavy atom. The van der Waals surface area contributed by atoms with E-state index < -0.39 is 0 Å². The molecule has 1 aliphatic rings. The fourth-order valence-electron chi connectivity index (χ4n) is 2.52. The third-order valence-electron chi connectivity index (χ3n) is 3.33. The molecule has 0 spiro atoms. The highest BCUT2D eigenvalue weighted by atomic mass is 15.3. The summed E-state index contributed by atoms with van der Waals surface area (Å²) >= 11 is 0. The Labute approximate surface area is 96.9 Å². The largest absolute Gasteiger partial charge is 0.350 e. The van der Waals surface area contributed by atoms with Gasteiger partial charge in [0.25, 0.3) is 0 Å². The second-order valence-electron chi connectivity index (χ2n) is 4.54. The maximum atomic E-state index is 5.85. The SMILES string of the molecule is Cc1nccc(N2C(C)CCCC2CN)n1. The van der Waals surface area contributed by atoms with Gasteiger partial charge in [-0.1, -0.05) is 0 Å². The van der Waals surface area contributed by atoms with Crippen LogP contribution in [0.5, 0.6) is 0 Å². The van der Waals surface area contributed by atoms with Crippen LogP contribution in [0.2, 0.25) is 0 Å².